The molecule has 0 atom stereocenters. The van der Waals surface area contributed by atoms with Gasteiger partial charge >= 0.3 is 5.97 Å². The van der Waals surface area contributed by atoms with E-state index in [1.54, 1.807) is 0 Å². The zero-order chi connectivity index (χ0) is 14.6. The molecule has 1 aromatic carbocycles. The van der Waals surface area contributed by atoms with Gasteiger partial charge in [0.25, 0.3) is 0 Å². The Morgan fingerprint density at radius 1 is 1.32 bits per heavy atom. The number of rotatable bonds is 2. The summed E-state index contributed by atoms with van der Waals surface area (Å²) in [4.78, 5) is 18.7. The summed E-state index contributed by atoms with van der Waals surface area (Å²) in [6, 6.07) is 2.39. The lowest BCUT2D eigenvalue weighted by Crippen LogP contribution is -2.26. The Bertz CT molecular complexity index is 564. The first kappa shape index (κ1) is 14.4. The predicted molar refractivity (Wildman–Crippen MR) is 69.6 cm³/mol. The van der Waals surface area contributed by atoms with Gasteiger partial charge in [0.15, 0.2) is 5.96 Å². The zero-order valence-corrected chi connectivity index (χ0v) is 10.5. The molecule has 8 heteroatoms. The van der Waals surface area contributed by atoms with Gasteiger partial charge in [0.05, 0.1) is 18.4 Å². The van der Waals surface area contributed by atoms with Gasteiger partial charge in [0.1, 0.15) is 5.82 Å². The number of esters is 1. The Hall–Kier alpha value is -2.64. The molecule has 0 radical (unpaired) electrons. The van der Waals surface area contributed by atoms with Crippen LogP contribution in [0.1, 0.15) is 15.9 Å². The fraction of sp³-hybridized carbons (Fsp3) is 0.182. The minimum absolute atomic E-state index is 0.0156. The second-order valence-corrected chi connectivity index (χ2v) is 3.60. The molecule has 0 spiro atoms. The average molecular weight is 267 g/mol. The predicted octanol–water partition coefficient (Wildman–Crippen LogP) is 0.140. The third-order valence-electron chi connectivity index (χ3n) is 2.22. The lowest BCUT2D eigenvalue weighted by molar-refractivity contribution is 0.0600. The largest absolute Gasteiger partial charge is 0.465 e. The summed E-state index contributed by atoms with van der Waals surface area (Å²) in [6.45, 7) is 1.48. The number of hydrogen-bond acceptors (Lipinski definition) is 3. The SMILES string of the molecule is COC(=O)c1cc(F)c(C)c(N=C(N)N=C(N)N)c1. The van der Waals surface area contributed by atoms with Gasteiger partial charge in [-0.2, -0.15) is 4.99 Å². The lowest BCUT2D eigenvalue weighted by atomic mass is 10.1. The van der Waals surface area contributed by atoms with E-state index in [0.717, 1.165) is 6.07 Å². The number of guanidine groups is 2. The highest BCUT2D eigenvalue weighted by Crippen LogP contribution is 2.24. The molecule has 0 heterocycles. The maximum absolute atomic E-state index is 13.6. The van der Waals surface area contributed by atoms with Crippen molar-refractivity contribution in [2.75, 3.05) is 7.11 Å². The molecule has 0 fully saturated rings. The van der Waals surface area contributed by atoms with Crippen molar-refractivity contribution in [1.82, 2.24) is 0 Å². The number of carbonyl (C=O) groups excluding carboxylic acids is 1. The van der Waals surface area contributed by atoms with Crippen LogP contribution in [-0.2, 0) is 4.74 Å². The van der Waals surface area contributed by atoms with Gasteiger partial charge in [0.2, 0.25) is 5.96 Å². The number of carbonyl (C=O) groups is 1. The number of nitrogens with two attached hydrogens (primary N) is 3. The van der Waals surface area contributed by atoms with E-state index in [2.05, 4.69) is 14.7 Å². The minimum atomic E-state index is -0.684. The highest BCUT2D eigenvalue weighted by Gasteiger charge is 2.12. The van der Waals surface area contributed by atoms with Crippen molar-refractivity contribution in [3.8, 4) is 0 Å². The third-order valence-corrected chi connectivity index (χ3v) is 2.22. The number of aliphatic imine (C=N–C) groups is 2. The van der Waals surface area contributed by atoms with Crippen LogP contribution in [0.5, 0.6) is 0 Å². The highest BCUT2D eigenvalue weighted by atomic mass is 19.1. The molecule has 0 saturated carbocycles. The van der Waals surface area contributed by atoms with Crippen LogP contribution in [-0.4, -0.2) is 25.0 Å². The summed E-state index contributed by atoms with van der Waals surface area (Å²) in [5.74, 6) is -1.82. The van der Waals surface area contributed by atoms with Gasteiger partial charge in [-0.05, 0) is 19.1 Å². The van der Waals surface area contributed by atoms with Crippen LogP contribution in [0, 0.1) is 12.7 Å². The normalized spacial score (nSPS) is 11.0. The summed E-state index contributed by atoms with van der Waals surface area (Å²) in [5, 5.41) is 0. The molecule has 0 aromatic heterocycles. The average Bonchev–Trinajstić information content (AvgIpc) is 2.32. The number of benzene rings is 1. The van der Waals surface area contributed by atoms with Gasteiger partial charge in [-0.3, -0.25) is 0 Å². The summed E-state index contributed by atoms with van der Waals surface area (Å²) in [5.41, 5.74) is 16.1. The minimum Gasteiger partial charge on any atom is -0.465 e. The third kappa shape index (κ3) is 3.66. The Morgan fingerprint density at radius 2 is 1.95 bits per heavy atom. The molecule has 1 rings (SSSR count). The van der Waals surface area contributed by atoms with Crippen molar-refractivity contribution >= 4 is 23.6 Å². The van der Waals surface area contributed by atoms with E-state index in [4.69, 9.17) is 17.2 Å². The Labute approximate surface area is 109 Å². The molecule has 0 unspecified atom stereocenters. The quantitative estimate of drug-likeness (QED) is 0.398. The van der Waals surface area contributed by atoms with Crippen molar-refractivity contribution in [2.45, 2.75) is 6.92 Å². The van der Waals surface area contributed by atoms with E-state index in [0.29, 0.717) is 0 Å². The molecule has 0 amide bonds. The smallest absolute Gasteiger partial charge is 0.338 e. The van der Waals surface area contributed by atoms with E-state index in [1.807, 2.05) is 0 Å². The lowest BCUT2D eigenvalue weighted by Gasteiger charge is -2.06. The standard InChI is InChI=1S/C11H14FN5O2/c1-5-7(12)3-6(9(18)19-2)4-8(5)16-11(15)17-10(13)14/h3-4H,1-2H3,(H6,13,14,15,16,17). The maximum atomic E-state index is 13.6. The molecule has 7 nitrogen and oxygen atoms in total. The van der Waals surface area contributed by atoms with Crippen LogP contribution in [0.2, 0.25) is 0 Å². The van der Waals surface area contributed by atoms with Gasteiger partial charge in [-0.25, -0.2) is 14.2 Å². The van der Waals surface area contributed by atoms with Gasteiger partial charge in [0, 0.05) is 5.56 Å². The Balaban J connectivity index is 3.31. The molecule has 0 aliphatic carbocycles. The van der Waals surface area contributed by atoms with Crippen molar-refractivity contribution in [3.05, 3.63) is 29.1 Å². The fourth-order valence-electron chi connectivity index (χ4n) is 1.30. The van der Waals surface area contributed by atoms with Crippen molar-refractivity contribution in [1.29, 1.82) is 0 Å². The van der Waals surface area contributed by atoms with E-state index < -0.39 is 11.8 Å². The van der Waals surface area contributed by atoms with Crippen LogP contribution in [0.15, 0.2) is 22.1 Å². The molecule has 0 saturated heterocycles. The first-order chi connectivity index (χ1) is 8.85. The molecule has 102 valence electrons. The van der Waals surface area contributed by atoms with Crippen LogP contribution in [0.3, 0.4) is 0 Å². The number of methoxy groups -OCH3 is 1. The topological polar surface area (TPSA) is 129 Å². The number of halogens is 1. The van der Waals surface area contributed by atoms with E-state index in [9.17, 15) is 9.18 Å². The molecular weight excluding hydrogens is 253 g/mol. The van der Waals surface area contributed by atoms with Crippen LogP contribution in [0.25, 0.3) is 0 Å². The first-order valence-electron chi connectivity index (χ1n) is 5.17. The van der Waals surface area contributed by atoms with Crippen molar-refractivity contribution < 1.29 is 13.9 Å². The summed E-state index contributed by atoms with van der Waals surface area (Å²) < 4.78 is 18.1. The van der Waals surface area contributed by atoms with Gasteiger partial charge in [-0.1, -0.05) is 0 Å². The number of nitrogens with zero attached hydrogens (tertiary/aromatic N) is 2. The van der Waals surface area contributed by atoms with Crippen LogP contribution in [0.4, 0.5) is 10.1 Å². The molecule has 0 aliphatic rings. The van der Waals surface area contributed by atoms with E-state index in [1.165, 1.54) is 20.1 Å². The van der Waals surface area contributed by atoms with Crippen molar-refractivity contribution in [2.24, 2.45) is 27.2 Å². The molecular formula is C11H14FN5O2. The van der Waals surface area contributed by atoms with Gasteiger partial charge in [-0.15, -0.1) is 0 Å². The summed E-state index contributed by atoms with van der Waals surface area (Å²) in [7, 11) is 1.19. The monoisotopic (exact) mass is 267 g/mol. The highest BCUT2D eigenvalue weighted by molar-refractivity contribution is 5.95. The van der Waals surface area contributed by atoms with Crippen LogP contribution < -0.4 is 17.2 Å². The zero-order valence-electron chi connectivity index (χ0n) is 10.5. The van der Waals surface area contributed by atoms with Crippen LogP contribution >= 0.6 is 0 Å². The summed E-state index contributed by atoms with van der Waals surface area (Å²) in [6.07, 6.45) is 0. The van der Waals surface area contributed by atoms with Gasteiger partial charge < -0.3 is 21.9 Å². The first-order valence-corrected chi connectivity index (χ1v) is 5.17. The number of hydrogen-bond donors (Lipinski definition) is 3. The second-order valence-electron chi connectivity index (χ2n) is 3.60. The second kappa shape index (κ2) is 5.80. The summed E-state index contributed by atoms with van der Waals surface area (Å²) >= 11 is 0. The molecule has 6 N–H and O–H groups in total. The fourth-order valence-corrected chi connectivity index (χ4v) is 1.30. The Morgan fingerprint density at radius 3 is 2.47 bits per heavy atom. The van der Waals surface area contributed by atoms with E-state index in [-0.39, 0.29) is 28.7 Å². The molecule has 0 bridgehead atoms. The molecule has 19 heavy (non-hydrogen) atoms. The number of ether oxygens (including phenoxy) is 1. The van der Waals surface area contributed by atoms with Crippen molar-refractivity contribution in [3.63, 3.8) is 0 Å². The molecule has 0 aliphatic heterocycles. The van der Waals surface area contributed by atoms with E-state index >= 15 is 0 Å². The Kier molecular flexibility index (Phi) is 4.41. The maximum Gasteiger partial charge on any atom is 0.338 e. The molecule has 1 aromatic rings.